The summed E-state index contributed by atoms with van der Waals surface area (Å²) in [6.45, 7) is 0. The number of alkyl halides is 6. The second kappa shape index (κ2) is 5.99. The van der Waals surface area contributed by atoms with Gasteiger partial charge in [0.05, 0.1) is 5.56 Å². The monoisotopic (exact) mass is 303 g/mol. The Morgan fingerprint density at radius 2 is 1.70 bits per heavy atom. The van der Waals surface area contributed by atoms with Crippen molar-refractivity contribution in [3.63, 3.8) is 0 Å². The van der Waals surface area contributed by atoms with E-state index in [9.17, 15) is 30.7 Å². The Morgan fingerprint density at radius 1 is 1.10 bits per heavy atom. The number of benzene rings is 1. The molecule has 1 unspecified atom stereocenters. The van der Waals surface area contributed by atoms with Crippen molar-refractivity contribution in [1.29, 1.82) is 0 Å². The molecular formula is C12H12F7N. The van der Waals surface area contributed by atoms with Gasteiger partial charge in [-0.3, -0.25) is 0 Å². The fraction of sp³-hybridized carbons (Fsp3) is 0.500. The molecule has 1 rings (SSSR count). The van der Waals surface area contributed by atoms with Crippen LogP contribution in [0.25, 0.3) is 0 Å². The maximum absolute atomic E-state index is 13.1. The van der Waals surface area contributed by atoms with Gasteiger partial charge < -0.3 is 5.32 Å². The minimum atomic E-state index is -4.75. The van der Waals surface area contributed by atoms with Crippen molar-refractivity contribution in [3.8, 4) is 0 Å². The zero-order chi connectivity index (χ0) is 15.6. The molecule has 8 heteroatoms. The molecule has 0 aliphatic rings. The molecule has 0 heterocycles. The average molecular weight is 303 g/mol. The van der Waals surface area contributed by atoms with E-state index in [1.807, 2.05) is 0 Å². The Labute approximate surface area is 110 Å². The summed E-state index contributed by atoms with van der Waals surface area (Å²) in [6, 6.07) is 0.537. The molecule has 20 heavy (non-hydrogen) atoms. The van der Waals surface area contributed by atoms with E-state index < -0.39 is 48.2 Å². The number of hydrogen-bond donors (Lipinski definition) is 1. The minimum Gasteiger partial charge on any atom is -0.313 e. The van der Waals surface area contributed by atoms with Gasteiger partial charge in [-0.2, -0.15) is 26.3 Å². The summed E-state index contributed by atoms with van der Waals surface area (Å²) in [5.41, 5.74) is -1.66. The Balaban J connectivity index is 3.10. The third-order valence-electron chi connectivity index (χ3n) is 2.76. The van der Waals surface area contributed by atoms with Crippen LogP contribution < -0.4 is 5.32 Å². The van der Waals surface area contributed by atoms with Crippen molar-refractivity contribution in [1.82, 2.24) is 5.32 Å². The van der Waals surface area contributed by atoms with Crippen molar-refractivity contribution in [2.24, 2.45) is 0 Å². The highest BCUT2D eigenvalue weighted by molar-refractivity contribution is 5.33. The Kier molecular flexibility index (Phi) is 5.01. The molecule has 0 aromatic heterocycles. The molecule has 0 saturated heterocycles. The van der Waals surface area contributed by atoms with Gasteiger partial charge in [-0.25, -0.2) is 4.39 Å². The average Bonchev–Trinajstić information content (AvgIpc) is 2.26. The summed E-state index contributed by atoms with van der Waals surface area (Å²) in [5, 5.41) is 2.36. The van der Waals surface area contributed by atoms with Gasteiger partial charge >= 0.3 is 12.4 Å². The van der Waals surface area contributed by atoms with Crippen LogP contribution in [0.3, 0.4) is 0 Å². The van der Waals surface area contributed by atoms with Crippen molar-refractivity contribution >= 4 is 0 Å². The van der Waals surface area contributed by atoms with Gasteiger partial charge in [0.25, 0.3) is 0 Å². The third-order valence-corrected chi connectivity index (χ3v) is 2.76. The molecule has 0 fully saturated rings. The van der Waals surface area contributed by atoms with Crippen LogP contribution in [-0.4, -0.2) is 13.2 Å². The predicted molar refractivity (Wildman–Crippen MR) is 58.5 cm³/mol. The number of nitrogens with one attached hydrogen (secondary N) is 1. The van der Waals surface area contributed by atoms with Gasteiger partial charge in [0.2, 0.25) is 0 Å². The van der Waals surface area contributed by atoms with E-state index in [1.54, 1.807) is 0 Å². The topological polar surface area (TPSA) is 12.0 Å². The summed E-state index contributed by atoms with van der Waals surface area (Å²) in [4.78, 5) is 0. The quantitative estimate of drug-likeness (QED) is 0.810. The SMILES string of the molecule is CNC(CCC(F)(F)F)c1cc(F)ccc1C(F)(F)F. The standard InChI is InChI=1S/C12H12F7N/c1-20-10(4-5-11(14,15)16)8-6-7(13)2-3-9(8)12(17,18)19/h2-3,6,10,20H,4-5H2,1H3. The van der Waals surface area contributed by atoms with E-state index in [2.05, 4.69) is 5.32 Å². The smallest absolute Gasteiger partial charge is 0.313 e. The van der Waals surface area contributed by atoms with E-state index in [0.29, 0.717) is 18.2 Å². The molecule has 0 amide bonds. The molecule has 1 N–H and O–H groups in total. The minimum absolute atomic E-state index is 0.524. The lowest BCUT2D eigenvalue weighted by Crippen LogP contribution is -2.23. The highest BCUT2D eigenvalue weighted by Gasteiger charge is 2.36. The Morgan fingerprint density at radius 3 is 2.15 bits per heavy atom. The summed E-state index contributed by atoms with van der Waals surface area (Å²) in [7, 11) is 1.23. The van der Waals surface area contributed by atoms with Gasteiger partial charge in [-0.15, -0.1) is 0 Å². The maximum atomic E-state index is 13.1. The molecule has 1 atom stereocenters. The molecule has 0 aliphatic heterocycles. The summed E-state index contributed by atoms with van der Waals surface area (Å²) >= 11 is 0. The van der Waals surface area contributed by atoms with Gasteiger partial charge in [-0.1, -0.05) is 0 Å². The Hall–Kier alpha value is -1.31. The summed E-state index contributed by atoms with van der Waals surface area (Å²) < 4.78 is 87.9. The van der Waals surface area contributed by atoms with Crippen LogP contribution in [-0.2, 0) is 6.18 Å². The van der Waals surface area contributed by atoms with Crippen molar-refractivity contribution in [3.05, 3.63) is 35.1 Å². The largest absolute Gasteiger partial charge is 0.416 e. The van der Waals surface area contributed by atoms with E-state index >= 15 is 0 Å². The van der Waals surface area contributed by atoms with Crippen molar-refractivity contribution in [2.45, 2.75) is 31.2 Å². The molecule has 1 nitrogen and oxygen atoms in total. The second-order valence-electron chi connectivity index (χ2n) is 4.22. The lowest BCUT2D eigenvalue weighted by molar-refractivity contribution is -0.139. The van der Waals surface area contributed by atoms with E-state index in [-0.39, 0.29) is 0 Å². The molecule has 1 aromatic rings. The fourth-order valence-corrected chi connectivity index (χ4v) is 1.84. The zero-order valence-electron chi connectivity index (χ0n) is 10.4. The first-order valence-electron chi connectivity index (χ1n) is 5.65. The lowest BCUT2D eigenvalue weighted by Gasteiger charge is -2.22. The van der Waals surface area contributed by atoms with Crippen LogP contribution in [0.1, 0.15) is 30.0 Å². The van der Waals surface area contributed by atoms with Crippen LogP contribution in [0.15, 0.2) is 18.2 Å². The van der Waals surface area contributed by atoms with Gasteiger partial charge in [0, 0.05) is 12.5 Å². The first-order chi connectivity index (χ1) is 9.04. The van der Waals surface area contributed by atoms with E-state index in [0.717, 1.165) is 0 Å². The van der Waals surface area contributed by atoms with Crippen LogP contribution in [0.4, 0.5) is 30.7 Å². The van der Waals surface area contributed by atoms with Crippen LogP contribution in [0.5, 0.6) is 0 Å². The zero-order valence-corrected chi connectivity index (χ0v) is 10.4. The summed E-state index contributed by atoms with van der Waals surface area (Å²) in [5.74, 6) is -0.930. The molecule has 114 valence electrons. The van der Waals surface area contributed by atoms with Gasteiger partial charge in [-0.05, 0) is 37.2 Å². The number of hydrogen-bond acceptors (Lipinski definition) is 1. The third kappa shape index (κ3) is 4.66. The molecule has 0 aliphatic carbocycles. The first-order valence-corrected chi connectivity index (χ1v) is 5.65. The van der Waals surface area contributed by atoms with Gasteiger partial charge in [0.1, 0.15) is 5.82 Å². The van der Waals surface area contributed by atoms with Crippen molar-refractivity contribution < 1.29 is 30.7 Å². The Bertz CT molecular complexity index is 450. The molecule has 0 saturated carbocycles. The lowest BCUT2D eigenvalue weighted by atomic mass is 9.96. The fourth-order valence-electron chi connectivity index (χ4n) is 1.84. The molecular weight excluding hydrogens is 291 g/mol. The molecule has 0 radical (unpaired) electrons. The maximum Gasteiger partial charge on any atom is 0.416 e. The first kappa shape index (κ1) is 16.7. The van der Waals surface area contributed by atoms with E-state index in [1.165, 1.54) is 7.05 Å². The number of halogens is 7. The van der Waals surface area contributed by atoms with Gasteiger partial charge in [0.15, 0.2) is 0 Å². The molecule has 1 aromatic carbocycles. The van der Waals surface area contributed by atoms with Crippen molar-refractivity contribution in [2.75, 3.05) is 7.05 Å². The van der Waals surface area contributed by atoms with E-state index in [4.69, 9.17) is 0 Å². The molecule has 0 bridgehead atoms. The highest BCUT2D eigenvalue weighted by atomic mass is 19.4. The van der Waals surface area contributed by atoms with Crippen LogP contribution >= 0.6 is 0 Å². The normalized spacial score (nSPS) is 14.4. The second-order valence-corrected chi connectivity index (χ2v) is 4.22. The predicted octanol–water partition coefficient (Wildman–Crippen LogP) is 4.45. The van der Waals surface area contributed by atoms with Crippen LogP contribution in [0, 0.1) is 5.82 Å². The highest BCUT2D eigenvalue weighted by Crippen LogP contribution is 2.37. The number of rotatable bonds is 4. The molecule has 0 spiro atoms. The van der Waals surface area contributed by atoms with Crippen LogP contribution in [0.2, 0.25) is 0 Å². The summed E-state index contributed by atoms with van der Waals surface area (Å²) in [6.07, 6.45) is -11.1.